The number of hydrogen-bond acceptors (Lipinski definition) is 4. The lowest BCUT2D eigenvalue weighted by molar-refractivity contribution is 1.33. The molecule has 48 heavy (non-hydrogen) atoms. The van der Waals surface area contributed by atoms with Crippen molar-refractivity contribution in [1.29, 1.82) is 0 Å². The van der Waals surface area contributed by atoms with Gasteiger partial charge >= 0.3 is 10.5 Å². The fourth-order valence-electron chi connectivity index (χ4n) is 7.79. The first kappa shape index (κ1) is 28.0. The Balaban J connectivity index is 1.17. The molecule has 11 rings (SSSR count). The molecule has 0 unspecified atom stereocenters. The maximum absolute atomic E-state index is 2.56. The van der Waals surface area contributed by atoms with Gasteiger partial charge in [0.05, 0.1) is 0 Å². The zero-order valence-electron chi connectivity index (χ0n) is 25.6. The lowest BCUT2D eigenvalue weighted by Crippen LogP contribution is -2.44. The maximum atomic E-state index is 2.56. The zero-order chi connectivity index (χ0) is 31.3. The van der Waals surface area contributed by atoms with Crippen LogP contribution in [0, 0.1) is 0 Å². The smallest absolute Gasteiger partial charge is 0.154 e. The lowest BCUT2D eigenvalue weighted by Gasteiger charge is -2.41. The van der Waals surface area contributed by atoms with Crippen LogP contribution in [0.3, 0.4) is 0 Å². The molecule has 0 fully saturated rings. The van der Waals surface area contributed by atoms with Gasteiger partial charge in [0.1, 0.15) is 0 Å². The van der Waals surface area contributed by atoms with E-state index in [1.165, 1.54) is 97.3 Å². The third-order valence-corrected chi connectivity index (χ3v) is 15.3. The van der Waals surface area contributed by atoms with Gasteiger partial charge in [0.2, 0.25) is 0 Å². The number of fused-ring (bicyclic) bond motifs is 4. The quantitative estimate of drug-likeness (QED) is 0.171. The second kappa shape index (κ2) is 10.8. The zero-order valence-corrected chi connectivity index (χ0v) is 28.9. The predicted octanol–water partition coefficient (Wildman–Crippen LogP) is 11.5. The molecule has 0 atom stereocenters. The standard InChI is InChI=1S/C42H24B2S4/c1-4-10-25(11-5-1)28-16-18-31-33-24-34-32-19-17-29(26-12-6-2-7-13-26)21-36(32)46-44-42(34)40-39-37(47-43(41(33)40)45-35(31)20-28)22-30(23-38(39)48-44)27-14-8-3-9-15-27/h1-24H. The fraction of sp³-hybridized carbons (Fsp3) is 0. The van der Waals surface area contributed by atoms with Crippen molar-refractivity contribution in [3.63, 3.8) is 0 Å². The van der Waals surface area contributed by atoms with E-state index in [9.17, 15) is 0 Å². The first-order chi connectivity index (χ1) is 23.8. The summed E-state index contributed by atoms with van der Waals surface area (Å²) in [6, 6.07) is 54.3. The molecule has 0 nitrogen and oxygen atoms in total. The van der Waals surface area contributed by atoms with E-state index in [1.54, 1.807) is 0 Å². The van der Waals surface area contributed by atoms with Gasteiger partial charge in [-0.05, 0) is 102 Å². The SMILES string of the molecule is c1ccc(-c2ccc3c(c2)SB2Sc4cc(-c5ccccc5)cc5c4-c4c2c-3cc2c4B(Sc3cc(-c4ccccc4)ccc3-2)S5)cc1. The van der Waals surface area contributed by atoms with Gasteiger partial charge < -0.3 is 0 Å². The molecule has 0 saturated heterocycles. The Labute approximate surface area is 297 Å². The van der Waals surface area contributed by atoms with Crippen LogP contribution in [0.1, 0.15) is 0 Å². The van der Waals surface area contributed by atoms with Crippen molar-refractivity contribution in [2.75, 3.05) is 0 Å². The molecule has 0 amide bonds. The summed E-state index contributed by atoms with van der Waals surface area (Å²) in [5, 5.41) is 0.613. The molecule has 222 valence electrons. The van der Waals surface area contributed by atoms with Crippen molar-refractivity contribution < 1.29 is 0 Å². The van der Waals surface area contributed by atoms with Gasteiger partial charge in [-0.1, -0.05) is 115 Å². The van der Waals surface area contributed by atoms with E-state index in [-0.39, 0.29) is 0 Å². The molecule has 4 heterocycles. The van der Waals surface area contributed by atoms with E-state index in [0.29, 0.717) is 10.5 Å². The molecule has 0 bridgehead atoms. The average Bonchev–Trinajstić information content (AvgIpc) is 3.15. The molecule has 0 radical (unpaired) electrons. The highest BCUT2D eigenvalue weighted by Gasteiger charge is 2.46. The number of hydrogen-bond donors (Lipinski definition) is 0. The van der Waals surface area contributed by atoms with Crippen LogP contribution in [0.15, 0.2) is 165 Å². The summed E-state index contributed by atoms with van der Waals surface area (Å²) in [5.41, 5.74) is 19.3. The summed E-state index contributed by atoms with van der Waals surface area (Å²) < 4.78 is 0. The second-order valence-electron chi connectivity index (χ2n) is 12.7. The Morgan fingerprint density at radius 2 is 0.688 bits per heavy atom. The number of rotatable bonds is 3. The Bertz CT molecular complexity index is 2320. The molecule has 6 heteroatoms. The van der Waals surface area contributed by atoms with Gasteiger partial charge in [-0.3, -0.25) is 0 Å². The van der Waals surface area contributed by atoms with E-state index in [0.717, 1.165) is 0 Å². The van der Waals surface area contributed by atoms with Crippen molar-refractivity contribution in [3.8, 4) is 66.8 Å². The molecule has 0 N–H and O–H groups in total. The highest BCUT2D eigenvalue weighted by molar-refractivity contribution is 8.56. The molecule has 4 aliphatic heterocycles. The van der Waals surface area contributed by atoms with Crippen LogP contribution in [0.2, 0.25) is 0 Å². The van der Waals surface area contributed by atoms with E-state index < -0.39 is 0 Å². The topological polar surface area (TPSA) is 0 Å². The van der Waals surface area contributed by atoms with Crippen LogP contribution >= 0.6 is 46.5 Å². The van der Waals surface area contributed by atoms with E-state index in [4.69, 9.17) is 0 Å². The van der Waals surface area contributed by atoms with Gasteiger partial charge in [-0.25, -0.2) is 0 Å². The summed E-state index contributed by atoms with van der Waals surface area (Å²) >= 11 is 8.20. The maximum Gasteiger partial charge on any atom is 0.318 e. The van der Waals surface area contributed by atoms with Crippen molar-refractivity contribution in [1.82, 2.24) is 0 Å². The molecular formula is C42H24B2S4. The third-order valence-electron chi connectivity index (χ3n) is 10.00. The summed E-state index contributed by atoms with van der Waals surface area (Å²) in [5.74, 6) is 0. The predicted molar refractivity (Wildman–Crippen MR) is 213 cm³/mol. The van der Waals surface area contributed by atoms with Gasteiger partial charge in [0.15, 0.2) is 0 Å². The van der Waals surface area contributed by atoms with Crippen molar-refractivity contribution in [2.24, 2.45) is 0 Å². The van der Waals surface area contributed by atoms with Gasteiger partial charge in [0.25, 0.3) is 0 Å². The molecule has 0 aromatic heterocycles. The van der Waals surface area contributed by atoms with Gasteiger partial charge in [0, 0.05) is 25.1 Å². The largest absolute Gasteiger partial charge is 0.318 e. The van der Waals surface area contributed by atoms with Crippen LogP contribution < -0.4 is 10.9 Å². The highest BCUT2D eigenvalue weighted by atomic mass is 32.2. The first-order valence-corrected chi connectivity index (χ1v) is 19.8. The normalized spacial score (nSPS) is 14.2. The van der Waals surface area contributed by atoms with Gasteiger partial charge in [-0.15, -0.1) is 0 Å². The van der Waals surface area contributed by atoms with Crippen molar-refractivity contribution in [2.45, 2.75) is 19.6 Å². The molecule has 7 aromatic carbocycles. The molecular weight excluding hydrogens is 654 g/mol. The molecule has 0 spiro atoms. The van der Waals surface area contributed by atoms with Crippen molar-refractivity contribution in [3.05, 3.63) is 146 Å². The van der Waals surface area contributed by atoms with Crippen LogP contribution in [-0.4, -0.2) is 10.5 Å². The van der Waals surface area contributed by atoms with E-state index in [2.05, 4.69) is 169 Å². The minimum Gasteiger partial charge on any atom is -0.154 e. The Morgan fingerprint density at radius 3 is 1.15 bits per heavy atom. The number of benzene rings is 7. The molecule has 0 aliphatic carbocycles. The Hall–Kier alpha value is -3.93. The van der Waals surface area contributed by atoms with Crippen LogP contribution in [0.5, 0.6) is 0 Å². The van der Waals surface area contributed by atoms with Crippen LogP contribution in [0.25, 0.3) is 66.8 Å². The molecule has 7 aromatic rings. The second-order valence-corrected chi connectivity index (χ2v) is 17.9. The fourth-order valence-corrected chi connectivity index (χ4v) is 13.9. The van der Waals surface area contributed by atoms with Crippen LogP contribution in [-0.2, 0) is 0 Å². The Kier molecular flexibility index (Phi) is 6.28. The highest BCUT2D eigenvalue weighted by Crippen LogP contribution is 2.58. The van der Waals surface area contributed by atoms with E-state index >= 15 is 0 Å². The van der Waals surface area contributed by atoms with Crippen LogP contribution in [0.4, 0.5) is 0 Å². The van der Waals surface area contributed by atoms with Crippen molar-refractivity contribution >= 4 is 67.9 Å². The third kappa shape index (κ3) is 4.19. The summed E-state index contributed by atoms with van der Waals surface area (Å²) in [6.45, 7) is 0. The summed E-state index contributed by atoms with van der Waals surface area (Å²) in [7, 11) is 0. The minimum absolute atomic E-state index is 0.306. The van der Waals surface area contributed by atoms with E-state index in [1.807, 2.05) is 23.2 Å². The van der Waals surface area contributed by atoms with Gasteiger partial charge in [-0.2, -0.15) is 46.5 Å². The summed E-state index contributed by atoms with van der Waals surface area (Å²) in [4.78, 5) is 5.59. The molecule has 4 aliphatic rings. The lowest BCUT2D eigenvalue weighted by atomic mass is 9.67. The minimum atomic E-state index is 0.306. The monoisotopic (exact) mass is 678 g/mol. The first-order valence-electron chi connectivity index (χ1n) is 16.3. The molecule has 0 saturated carbocycles. The summed E-state index contributed by atoms with van der Waals surface area (Å²) in [6.07, 6.45) is 0. The Morgan fingerprint density at radius 1 is 0.292 bits per heavy atom. The average molecular weight is 679 g/mol.